The van der Waals surface area contributed by atoms with Crippen LogP contribution in [0.15, 0.2) is 16.6 Å². The molecule has 0 fully saturated rings. The molecule has 0 saturated carbocycles. The summed E-state index contributed by atoms with van der Waals surface area (Å²) in [5, 5.41) is 0. The molecule has 15 heavy (non-hydrogen) atoms. The van der Waals surface area contributed by atoms with Crippen molar-refractivity contribution in [2.45, 2.75) is 19.5 Å². The molecule has 0 unspecified atom stereocenters. The van der Waals surface area contributed by atoms with Crippen LogP contribution in [-0.4, -0.2) is 0 Å². The first-order valence-corrected chi connectivity index (χ1v) is 4.68. The quantitative estimate of drug-likeness (QED) is 0.656. The first kappa shape index (κ1) is 12.4. The summed E-state index contributed by atoms with van der Waals surface area (Å²) in [6.07, 6.45) is -7.53. The van der Waals surface area contributed by atoms with Crippen molar-refractivity contribution in [1.82, 2.24) is 0 Å². The van der Waals surface area contributed by atoms with Crippen molar-refractivity contribution in [3.8, 4) is 0 Å². The molecule has 0 aromatic heterocycles. The Balaban J connectivity index is 3.37. The second-order valence-electron chi connectivity index (χ2n) is 2.99. The Morgan fingerprint density at radius 3 is 2.13 bits per heavy atom. The van der Waals surface area contributed by atoms with Gasteiger partial charge in [0, 0.05) is 10.0 Å². The standard InChI is InChI=1S/C9H6BrF5/c1-4-2-7(10)6(9(13,14)15)3-5(4)8(11)12/h2-3,8H,1H3. The maximum absolute atomic E-state index is 12.3. The maximum atomic E-state index is 12.3. The van der Waals surface area contributed by atoms with Crippen LogP contribution < -0.4 is 0 Å². The van der Waals surface area contributed by atoms with Crippen molar-refractivity contribution in [2.24, 2.45) is 0 Å². The van der Waals surface area contributed by atoms with Gasteiger partial charge in [0.1, 0.15) is 0 Å². The molecule has 0 nitrogen and oxygen atoms in total. The number of hydrogen-bond donors (Lipinski definition) is 0. The highest BCUT2D eigenvalue weighted by Gasteiger charge is 2.34. The van der Waals surface area contributed by atoms with E-state index in [-0.39, 0.29) is 10.0 Å². The van der Waals surface area contributed by atoms with E-state index >= 15 is 0 Å². The van der Waals surface area contributed by atoms with Gasteiger partial charge in [-0.25, -0.2) is 8.78 Å². The summed E-state index contributed by atoms with van der Waals surface area (Å²) >= 11 is 2.70. The molecular formula is C9H6BrF5. The van der Waals surface area contributed by atoms with Gasteiger partial charge in [0.05, 0.1) is 5.56 Å². The number of aryl methyl sites for hydroxylation is 1. The summed E-state index contributed by atoms with van der Waals surface area (Å²) in [6.45, 7) is 1.34. The van der Waals surface area contributed by atoms with Crippen LogP contribution in [0.3, 0.4) is 0 Å². The topological polar surface area (TPSA) is 0 Å². The molecule has 6 heteroatoms. The van der Waals surface area contributed by atoms with Crippen LogP contribution in [0.25, 0.3) is 0 Å². The summed E-state index contributed by atoms with van der Waals surface area (Å²) in [5.74, 6) is 0. The lowest BCUT2D eigenvalue weighted by atomic mass is 10.1. The molecule has 0 aliphatic carbocycles. The zero-order valence-electron chi connectivity index (χ0n) is 7.50. The molecule has 0 heterocycles. The van der Waals surface area contributed by atoms with Crippen molar-refractivity contribution in [1.29, 1.82) is 0 Å². The van der Waals surface area contributed by atoms with E-state index in [1.807, 2.05) is 0 Å². The van der Waals surface area contributed by atoms with Gasteiger partial charge in [-0.05, 0) is 24.6 Å². The van der Waals surface area contributed by atoms with Crippen molar-refractivity contribution < 1.29 is 22.0 Å². The molecule has 1 rings (SSSR count). The van der Waals surface area contributed by atoms with Gasteiger partial charge in [-0.15, -0.1) is 0 Å². The zero-order valence-corrected chi connectivity index (χ0v) is 9.09. The second kappa shape index (κ2) is 4.08. The zero-order chi connectivity index (χ0) is 11.8. The Morgan fingerprint density at radius 2 is 1.73 bits per heavy atom. The summed E-state index contributed by atoms with van der Waals surface area (Å²) in [6, 6.07) is 1.52. The average Bonchev–Trinajstić information content (AvgIpc) is 2.00. The predicted molar refractivity (Wildman–Crippen MR) is 48.8 cm³/mol. The van der Waals surface area contributed by atoms with Crippen molar-refractivity contribution >= 4 is 15.9 Å². The summed E-state index contributed by atoms with van der Waals surface area (Å²) in [4.78, 5) is 0. The third-order valence-corrected chi connectivity index (χ3v) is 2.55. The fourth-order valence-electron chi connectivity index (χ4n) is 1.14. The third kappa shape index (κ3) is 2.68. The minimum atomic E-state index is -4.63. The fourth-order valence-corrected chi connectivity index (χ4v) is 1.82. The van der Waals surface area contributed by atoms with Gasteiger partial charge in [0.25, 0.3) is 6.43 Å². The van der Waals surface area contributed by atoms with Crippen LogP contribution in [-0.2, 0) is 6.18 Å². The fraction of sp³-hybridized carbons (Fsp3) is 0.333. The van der Waals surface area contributed by atoms with Crippen LogP contribution >= 0.6 is 15.9 Å². The maximum Gasteiger partial charge on any atom is 0.417 e. The summed E-state index contributed by atoms with van der Waals surface area (Å²) in [5.41, 5.74) is -1.54. The highest BCUT2D eigenvalue weighted by atomic mass is 79.9. The van der Waals surface area contributed by atoms with Crippen molar-refractivity contribution in [3.63, 3.8) is 0 Å². The molecule has 0 spiro atoms. The van der Waals surface area contributed by atoms with E-state index in [9.17, 15) is 22.0 Å². The van der Waals surface area contributed by atoms with Crippen molar-refractivity contribution in [3.05, 3.63) is 33.3 Å². The largest absolute Gasteiger partial charge is 0.417 e. The molecule has 1 aromatic rings. The lowest BCUT2D eigenvalue weighted by molar-refractivity contribution is -0.138. The Hall–Kier alpha value is -0.650. The van der Waals surface area contributed by atoms with Crippen LogP contribution in [0, 0.1) is 6.92 Å². The van der Waals surface area contributed by atoms with E-state index in [1.54, 1.807) is 0 Å². The van der Waals surface area contributed by atoms with E-state index in [1.165, 1.54) is 6.92 Å². The first-order chi connectivity index (χ1) is 6.73. The van der Waals surface area contributed by atoms with E-state index < -0.39 is 23.7 Å². The number of alkyl halides is 5. The molecule has 1 aromatic carbocycles. The molecule has 0 atom stereocenters. The highest BCUT2D eigenvalue weighted by molar-refractivity contribution is 9.10. The minimum Gasteiger partial charge on any atom is -0.205 e. The van der Waals surface area contributed by atoms with Crippen molar-refractivity contribution in [2.75, 3.05) is 0 Å². The lowest BCUT2D eigenvalue weighted by Crippen LogP contribution is -2.08. The summed E-state index contributed by atoms with van der Waals surface area (Å²) in [7, 11) is 0. The monoisotopic (exact) mass is 288 g/mol. The van der Waals surface area contributed by atoms with E-state index in [0.29, 0.717) is 6.07 Å². The minimum absolute atomic E-state index is 0.130. The highest BCUT2D eigenvalue weighted by Crippen LogP contribution is 2.38. The molecule has 0 aliphatic rings. The Labute approximate surface area is 91.2 Å². The Kier molecular flexibility index (Phi) is 3.38. The smallest absolute Gasteiger partial charge is 0.205 e. The number of rotatable bonds is 1. The second-order valence-corrected chi connectivity index (χ2v) is 3.84. The van der Waals surface area contributed by atoms with Gasteiger partial charge in [0.2, 0.25) is 0 Å². The molecule has 0 radical (unpaired) electrons. The third-order valence-electron chi connectivity index (χ3n) is 1.90. The van der Waals surface area contributed by atoms with Crippen LogP contribution in [0.4, 0.5) is 22.0 Å². The van der Waals surface area contributed by atoms with E-state index in [2.05, 4.69) is 15.9 Å². The van der Waals surface area contributed by atoms with Gasteiger partial charge < -0.3 is 0 Å². The normalized spacial score (nSPS) is 12.3. The van der Waals surface area contributed by atoms with Gasteiger partial charge in [-0.1, -0.05) is 15.9 Å². The summed E-state index contributed by atoms with van der Waals surface area (Å²) < 4.78 is 61.5. The Morgan fingerprint density at radius 1 is 1.20 bits per heavy atom. The number of benzene rings is 1. The molecule has 0 amide bonds. The van der Waals surface area contributed by atoms with Crippen LogP contribution in [0.1, 0.15) is 23.1 Å². The lowest BCUT2D eigenvalue weighted by Gasteiger charge is -2.13. The molecule has 0 aliphatic heterocycles. The van der Waals surface area contributed by atoms with Gasteiger partial charge in [-0.2, -0.15) is 13.2 Å². The molecular weight excluding hydrogens is 283 g/mol. The molecule has 84 valence electrons. The van der Waals surface area contributed by atoms with Gasteiger partial charge in [-0.3, -0.25) is 0 Å². The number of hydrogen-bond acceptors (Lipinski definition) is 0. The average molecular weight is 289 g/mol. The van der Waals surface area contributed by atoms with E-state index in [0.717, 1.165) is 6.07 Å². The predicted octanol–water partition coefficient (Wildman–Crippen LogP) is 4.71. The van der Waals surface area contributed by atoms with E-state index in [4.69, 9.17) is 0 Å². The molecule has 0 N–H and O–H groups in total. The molecule has 0 saturated heterocycles. The Bertz CT molecular complexity index is 370. The SMILES string of the molecule is Cc1cc(Br)c(C(F)(F)F)cc1C(F)F. The first-order valence-electron chi connectivity index (χ1n) is 3.89. The van der Waals surface area contributed by atoms with Crippen LogP contribution in [0.5, 0.6) is 0 Å². The number of halogens is 6. The van der Waals surface area contributed by atoms with Gasteiger partial charge >= 0.3 is 6.18 Å². The van der Waals surface area contributed by atoms with Gasteiger partial charge in [0.15, 0.2) is 0 Å². The molecule has 0 bridgehead atoms. The van der Waals surface area contributed by atoms with Crippen LogP contribution in [0.2, 0.25) is 0 Å².